The average molecular weight is 204 g/mol. The first kappa shape index (κ1) is 9.80. The van der Waals surface area contributed by atoms with E-state index in [0.29, 0.717) is 0 Å². The van der Waals surface area contributed by atoms with Crippen LogP contribution in [0.5, 0.6) is 0 Å². The number of ether oxygens (including phenoxy) is 1. The van der Waals surface area contributed by atoms with Crippen LogP contribution < -0.4 is 5.73 Å². The van der Waals surface area contributed by atoms with Gasteiger partial charge < -0.3 is 10.5 Å². The van der Waals surface area contributed by atoms with Crippen LogP contribution in [0, 0.1) is 5.82 Å². The molecule has 0 atom stereocenters. The lowest BCUT2D eigenvalue weighted by Crippen LogP contribution is -2.08. The van der Waals surface area contributed by atoms with E-state index in [4.69, 9.17) is 17.3 Å². The number of methoxy groups -OCH3 is 1. The standard InChI is InChI=1S/C8H7ClFNO2/c1-13-8(12)6-5(11)3-2-4(9)7(6)10/h2-3H,11H2,1H3. The zero-order valence-electron chi connectivity index (χ0n) is 6.80. The van der Waals surface area contributed by atoms with Crippen molar-refractivity contribution in [3.8, 4) is 0 Å². The van der Waals surface area contributed by atoms with Gasteiger partial charge >= 0.3 is 5.97 Å². The van der Waals surface area contributed by atoms with Crippen LogP contribution in [0.2, 0.25) is 5.02 Å². The Morgan fingerprint density at radius 2 is 2.23 bits per heavy atom. The van der Waals surface area contributed by atoms with E-state index in [1.807, 2.05) is 0 Å². The summed E-state index contributed by atoms with van der Waals surface area (Å²) in [6.07, 6.45) is 0. The fourth-order valence-electron chi connectivity index (χ4n) is 0.875. The topological polar surface area (TPSA) is 52.3 Å². The summed E-state index contributed by atoms with van der Waals surface area (Å²) < 4.78 is 17.5. The highest BCUT2D eigenvalue weighted by atomic mass is 35.5. The number of hydrogen-bond donors (Lipinski definition) is 1. The van der Waals surface area contributed by atoms with Gasteiger partial charge in [0.1, 0.15) is 5.56 Å². The minimum absolute atomic E-state index is 0.00810. The largest absolute Gasteiger partial charge is 0.465 e. The van der Waals surface area contributed by atoms with Crippen molar-refractivity contribution in [2.45, 2.75) is 0 Å². The number of nitrogen functional groups attached to an aromatic ring is 1. The summed E-state index contributed by atoms with van der Waals surface area (Å²) in [5.74, 6) is -1.69. The monoisotopic (exact) mass is 203 g/mol. The summed E-state index contributed by atoms with van der Waals surface area (Å²) in [6, 6.07) is 2.62. The van der Waals surface area contributed by atoms with Gasteiger partial charge in [-0.1, -0.05) is 11.6 Å². The number of anilines is 1. The number of nitrogens with two attached hydrogens (primary N) is 1. The molecule has 0 unspecified atom stereocenters. The van der Waals surface area contributed by atoms with Gasteiger partial charge in [0.05, 0.1) is 12.1 Å². The number of benzene rings is 1. The molecule has 3 nitrogen and oxygen atoms in total. The number of carbonyl (C=O) groups is 1. The van der Waals surface area contributed by atoms with Crippen LogP contribution in [-0.2, 0) is 4.74 Å². The maximum absolute atomic E-state index is 13.2. The maximum atomic E-state index is 13.2. The molecule has 0 amide bonds. The molecule has 70 valence electrons. The van der Waals surface area contributed by atoms with Crippen LogP contribution in [0.1, 0.15) is 10.4 Å². The lowest BCUT2D eigenvalue weighted by atomic mass is 10.1. The summed E-state index contributed by atoms with van der Waals surface area (Å²) in [5, 5.41) is -0.158. The summed E-state index contributed by atoms with van der Waals surface area (Å²) in [5.41, 5.74) is 5.05. The lowest BCUT2D eigenvalue weighted by Gasteiger charge is -2.05. The zero-order chi connectivity index (χ0) is 10.0. The van der Waals surface area contributed by atoms with Crippen LogP contribution in [-0.4, -0.2) is 13.1 Å². The quantitative estimate of drug-likeness (QED) is 0.560. The first-order chi connectivity index (χ1) is 6.07. The van der Waals surface area contributed by atoms with Gasteiger partial charge in [-0.2, -0.15) is 0 Å². The third kappa shape index (κ3) is 1.72. The third-order valence-corrected chi connectivity index (χ3v) is 1.81. The molecule has 0 fully saturated rings. The van der Waals surface area contributed by atoms with Crippen molar-refractivity contribution in [1.82, 2.24) is 0 Å². The van der Waals surface area contributed by atoms with Crippen molar-refractivity contribution in [3.63, 3.8) is 0 Å². The van der Waals surface area contributed by atoms with Crippen LogP contribution in [0.15, 0.2) is 12.1 Å². The number of rotatable bonds is 1. The van der Waals surface area contributed by atoms with Crippen molar-refractivity contribution < 1.29 is 13.9 Å². The number of carbonyl (C=O) groups excluding carboxylic acids is 1. The molecule has 1 aromatic carbocycles. The summed E-state index contributed by atoms with van der Waals surface area (Å²) in [7, 11) is 1.14. The highest BCUT2D eigenvalue weighted by Gasteiger charge is 2.18. The minimum atomic E-state index is -0.853. The van der Waals surface area contributed by atoms with Gasteiger partial charge in [0.25, 0.3) is 0 Å². The van der Waals surface area contributed by atoms with Crippen molar-refractivity contribution in [1.29, 1.82) is 0 Å². The molecule has 0 aliphatic heterocycles. The molecule has 0 bridgehead atoms. The Morgan fingerprint density at radius 1 is 1.62 bits per heavy atom. The second-order valence-corrected chi connectivity index (χ2v) is 2.72. The Kier molecular flexibility index (Phi) is 2.72. The van der Waals surface area contributed by atoms with Crippen LogP contribution in [0.25, 0.3) is 0 Å². The fraction of sp³-hybridized carbons (Fsp3) is 0.125. The number of halogens is 2. The van der Waals surface area contributed by atoms with Crippen LogP contribution >= 0.6 is 11.6 Å². The van der Waals surface area contributed by atoms with Gasteiger partial charge in [0, 0.05) is 5.69 Å². The second kappa shape index (κ2) is 3.62. The molecule has 0 radical (unpaired) electrons. The van der Waals surface area contributed by atoms with Gasteiger partial charge in [-0.15, -0.1) is 0 Å². The summed E-state index contributed by atoms with van der Waals surface area (Å²) >= 11 is 5.45. The summed E-state index contributed by atoms with van der Waals surface area (Å²) in [4.78, 5) is 11.0. The smallest absolute Gasteiger partial charge is 0.343 e. The molecule has 13 heavy (non-hydrogen) atoms. The second-order valence-electron chi connectivity index (χ2n) is 2.32. The Morgan fingerprint density at radius 3 is 2.77 bits per heavy atom. The zero-order valence-corrected chi connectivity index (χ0v) is 7.56. The molecule has 0 saturated heterocycles. The molecule has 0 heterocycles. The number of esters is 1. The van der Waals surface area contributed by atoms with Crippen molar-refractivity contribution >= 4 is 23.3 Å². The predicted molar refractivity (Wildman–Crippen MR) is 47.2 cm³/mol. The first-order valence-corrected chi connectivity index (χ1v) is 3.77. The van der Waals surface area contributed by atoms with E-state index in [2.05, 4.69) is 4.74 Å². The van der Waals surface area contributed by atoms with E-state index in [1.54, 1.807) is 0 Å². The SMILES string of the molecule is COC(=O)c1c(N)ccc(Cl)c1F. The normalized spacial score (nSPS) is 9.77. The Labute approximate surface area is 79.2 Å². The predicted octanol–water partition coefficient (Wildman–Crippen LogP) is 1.85. The Bertz CT molecular complexity index is 354. The minimum Gasteiger partial charge on any atom is -0.465 e. The fourth-order valence-corrected chi connectivity index (χ4v) is 1.03. The molecule has 0 spiro atoms. The third-order valence-electron chi connectivity index (χ3n) is 1.52. The van der Waals surface area contributed by atoms with Gasteiger partial charge in [0.2, 0.25) is 0 Å². The maximum Gasteiger partial charge on any atom is 0.343 e. The molecule has 2 N–H and O–H groups in total. The van der Waals surface area contributed by atoms with Crippen LogP contribution in [0.4, 0.5) is 10.1 Å². The van der Waals surface area contributed by atoms with E-state index in [-0.39, 0.29) is 16.3 Å². The van der Waals surface area contributed by atoms with Gasteiger partial charge in [-0.3, -0.25) is 0 Å². The van der Waals surface area contributed by atoms with Gasteiger partial charge in [-0.05, 0) is 12.1 Å². The average Bonchev–Trinajstić information content (AvgIpc) is 2.12. The van der Waals surface area contributed by atoms with Crippen LogP contribution in [0.3, 0.4) is 0 Å². The molecule has 1 aromatic rings. The molecule has 5 heteroatoms. The first-order valence-electron chi connectivity index (χ1n) is 3.39. The van der Waals surface area contributed by atoms with Gasteiger partial charge in [-0.25, -0.2) is 9.18 Å². The van der Waals surface area contributed by atoms with E-state index in [0.717, 1.165) is 7.11 Å². The van der Waals surface area contributed by atoms with Gasteiger partial charge in [0.15, 0.2) is 5.82 Å². The van der Waals surface area contributed by atoms with Crippen molar-refractivity contribution in [2.24, 2.45) is 0 Å². The molecule has 0 aliphatic rings. The van der Waals surface area contributed by atoms with E-state index in [1.165, 1.54) is 12.1 Å². The molecule has 0 aliphatic carbocycles. The Hall–Kier alpha value is -1.29. The molecular formula is C8H7ClFNO2. The van der Waals surface area contributed by atoms with Crippen molar-refractivity contribution in [2.75, 3.05) is 12.8 Å². The lowest BCUT2D eigenvalue weighted by molar-refractivity contribution is 0.0597. The van der Waals surface area contributed by atoms with E-state index < -0.39 is 11.8 Å². The highest BCUT2D eigenvalue weighted by molar-refractivity contribution is 6.31. The van der Waals surface area contributed by atoms with E-state index >= 15 is 0 Å². The molecule has 0 aromatic heterocycles. The molecule has 0 saturated carbocycles. The van der Waals surface area contributed by atoms with Crippen molar-refractivity contribution in [3.05, 3.63) is 28.5 Å². The molecule has 1 rings (SSSR count). The van der Waals surface area contributed by atoms with E-state index in [9.17, 15) is 9.18 Å². The number of hydrogen-bond acceptors (Lipinski definition) is 3. The summed E-state index contributed by atoms with van der Waals surface area (Å²) in [6.45, 7) is 0. The molecular weight excluding hydrogens is 197 g/mol. The highest BCUT2D eigenvalue weighted by Crippen LogP contribution is 2.23. The Balaban J connectivity index is 3.33.